The molecule has 2 aliphatic heterocycles. The number of ketones is 1. The minimum absolute atomic E-state index is 0.0305. The van der Waals surface area contributed by atoms with E-state index in [0.29, 0.717) is 26.1 Å². The van der Waals surface area contributed by atoms with Gasteiger partial charge in [-0.15, -0.1) is 0 Å². The lowest BCUT2D eigenvalue weighted by atomic mass is 9.80. The second-order valence-electron chi connectivity index (χ2n) is 17.4. The van der Waals surface area contributed by atoms with Crippen LogP contribution in [0.25, 0.3) is 0 Å². The molecule has 0 aromatic carbocycles. The molecule has 5 N–H and O–H groups in total. The molecule has 0 spiro atoms. The Morgan fingerprint density at radius 1 is 0.918 bits per heavy atom. The number of rotatable bonds is 13. The third-order valence-electron chi connectivity index (χ3n) is 11.4. The molecule has 2 aliphatic carbocycles. The molecule has 2 heterocycles. The summed E-state index contributed by atoms with van der Waals surface area (Å²) in [6.45, 7) is 16.6. The topological polar surface area (TPSA) is 191 Å². The number of fused-ring (bicyclic) bond motifs is 1. The van der Waals surface area contributed by atoms with E-state index in [4.69, 9.17) is 5.73 Å². The van der Waals surface area contributed by atoms with Gasteiger partial charge in [0.15, 0.2) is 0 Å². The molecule has 5 amide bonds. The molecule has 0 aromatic rings. The van der Waals surface area contributed by atoms with Crippen molar-refractivity contribution in [3.8, 4) is 0 Å². The van der Waals surface area contributed by atoms with Crippen LogP contribution in [-0.2, 0) is 29.4 Å². The number of piperidine rings is 1. The maximum absolute atomic E-state index is 14.4. The molecule has 6 atom stereocenters. The summed E-state index contributed by atoms with van der Waals surface area (Å²) in [6, 6.07) is -4.21. The van der Waals surface area contributed by atoms with Crippen molar-refractivity contribution in [3.05, 3.63) is 0 Å². The van der Waals surface area contributed by atoms with E-state index in [1.165, 1.54) is 20.6 Å². The van der Waals surface area contributed by atoms with Gasteiger partial charge in [-0.1, -0.05) is 74.7 Å². The van der Waals surface area contributed by atoms with Crippen LogP contribution < -0.4 is 21.7 Å². The zero-order chi connectivity index (χ0) is 36.9. The molecule has 0 aromatic heterocycles. The molecule has 2 saturated carbocycles. The van der Waals surface area contributed by atoms with Crippen molar-refractivity contribution >= 4 is 39.7 Å². The van der Waals surface area contributed by atoms with Crippen LogP contribution in [0.4, 0.5) is 4.79 Å². The van der Waals surface area contributed by atoms with Crippen LogP contribution >= 0.6 is 0 Å². The Hall–Kier alpha value is -2.78. The molecule has 278 valence electrons. The number of hydrogen-bond acceptors (Lipinski definition) is 7. The van der Waals surface area contributed by atoms with Crippen molar-refractivity contribution in [2.24, 2.45) is 39.7 Å². The first kappa shape index (κ1) is 39.0. The zero-order valence-electron chi connectivity index (χ0n) is 30.8. The number of nitrogens with zero attached hydrogens (tertiary/aromatic N) is 3. The number of hydrogen-bond donors (Lipinski definition) is 4. The van der Waals surface area contributed by atoms with E-state index in [9.17, 15) is 32.4 Å². The molecule has 4 rings (SSSR count). The first-order valence-electron chi connectivity index (χ1n) is 17.7. The van der Waals surface area contributed by atoms with Gasteiger partial charge in [-0.3, -0.25) is 19.2 Å². The fourth-order valence-electron chi connectivity index (χ4n) is 7.68. The van der Waals surface area contributed by atoms with Crippen molar-refractivity contribution < 1.29 is 32.4 Å². The highest BCUT2D eigenvalue weighted by Crippen LogP contribution is 2.65. The minimum Gasteiger partial charge on any atom is -0.363 e. The molecular formula is C34H59N7O7S. The summed E-state index contributed by atoms with van der Waals surface area (Å²) >= 11 is 0. The number of Topliss-reactive ketones (excluding diaryl/α,β-unsaturated/α-hetero) is 1. The van der Waals surface area contributed by atoms with E-state index in [0.717, 1.165) is 32.1 Å². The van der Waals surface area contributed by atoms with Gasteiger partial charge in [0.1, 0.15) is 12.1 Å². The maximum atomic E-state index is 14.4. The lowest BCUT2D eigenvalue weighted by Gasteiger charge is -2.39. The number of likely N-dealkylation sites (tertiary alicyclic amines) is 1. The lowest BCUT2D eigenvalue weighted by molar-refractivity contribution is -0.145. The number of carbonyl (C=O) groups excluding carboxylic acids is 5. The minimum atomic E-state index is -3.70. The Labute approximate surface area is 292 Å². The molecule has 2 saturated heterocycles. The van der Waals surface area contributed by atoms with Gasteiger partial charge < -0.3 is 26.6 Å². The number of primary amides is 1. The normalized spacial score (nSPS) is 25.9. The summed E-state index contributed by atoms with van der Waals surface area (Å²) in [6.07, 6.45) is 4.78. The predicted octanol–water partition coefficient (Wildman–Crippen LogP) is 1.60. The molecule has 15 heteroatoms. The van der Waals surface area contributed by atoms with Crippen LogP contribution in [0.1, 0.15) is 93.9 Å². The summed E-state index contributed by atoms with van der Waals surface area (Å²) < 4.78 is 29.1. The van der Waals surface area contributed by atoms with E-state index in [1.54, 1.807) is 0 Å². The van der Waals surface area contributed by atoms with Gasteiger partial charge >= 0.3 is 6.03 Å². The Bertz CT molecular complexity index is 1410. The second kappa shape index (κ2) is 14.1. The third kappa shape index (κ3) is 8.41. The number of carbonyl (C=O) groups is 5. The van der Waals surface area contributed by atoms with Gasteiger partial charge in [-0.05, 0) is 53.3 Å². The molecule has 1 unspecified atom stereocenters. The van der Waals surface area contributed by atoms with Crippen LogP contribution in [0.3, 0.4) is 0 Å². The number of nitrogens with one attached hydrogen (secondary N) is 3. The molecule has 0 bridgehead atoms. The average molecular weight is 710 g/mol. The molecule has 49 heavy (non-hydrogen) atoms. The van der Waals surface area contributed by atoms with E-state index in [2.05, 4.69) is 16.0 Å². The molecule has 4 fully saturated rings. The van der Waals surface area contributed by atoms with E-state index >= 15 is 0 Å². The second-order valence-corrected chi connectivity index (χ2v) is 19.5. The van der Waals surface area contributed by atoms with E-state index in [-0.39, 0.29) is 29.7 Å². The summed E-state index contributed by atoms with van der Waals surface area (Å²) in [4.78, 5) is 68.1. The van der Waals surface area contributed by atoms with Crippen LogP contribution in [0.5, 0.6) is 0 Å². The fourth-order valence-corrected chi connectivity index (χ4v) is 9.14. The number of amides is 5. The molecule has 0 radical (unpaired) electrons. The smallest absolute Gasteiger partial charge is 0.315 e. The Kier molecular flexibility index (Phi) is 11.2. The SMILES string of the molecule is CN(C[C@@H](NC(=O)N[C@H](C(=O)N1C[C@H]2[C@@H]([C@H]1C(=O)NC(CC1CCC1)C(=O)C(N)=O)C2(C)C)C(C)(C)C)C(C)(C)C)S(=O)(=O)N1CCCC1. The Morgan fingerprint density at radius 3 is 2.00 bits per heavy atom. The van der Waals surface area contributed by atoms with Crippen molar-refractivity contribution in [2.75, 3.05) is 33.2 Å². The van der Waals surface area contributed by atoms with Gasteiger partial charge in [0.2, 0.25) is 17.6 Å². The molecule has 14 nitrogen and oxygen atoms in total. The van der Waals surface area contributed by atoms with Crippen molar-refractivity contribution in [1.82, 2.24) is 29.5 Å². The van der Waals surface area contributed by atoms with Crippen LogP contribution in [-0.4, -0.2) is 109 Å². The highest BCUT2D eigenvalue weighted by molar-refractivity contribution is 7.86. The predicted molar refractivity (Wildman–Crippen MR) is 185 cm³/mol. The molecular weight excluding hydrogens is 650 g/mol. The summed E-state index contributed by atoms with van der Waals surface area (Å²) in [5.41, 5.74) is 3.84. The van der Waals surface area contributed by atoms with Gasteiger partial charge in [-0.25, -0.2) is 4.79 Å². The van der Waals surface area contributed by atoms with E-state index < -0.39 is 74.7 Å². The highest BCUT2D eigenvalue weighted by Gasteiger charge is 2.70. The first-order valence-corrected chi connectivity index (χ1v) is 19.1. The van der Waals surface area contributed by atoms with Gasteiger partial charge in [0.25, 0.3) is 16.1 Å². The fraction of sp³-hybridized carbons (Fsp3) is 0.853. The maximum Gasteiger partial charge on any atom is 0.315 e. The van der Waals surface area contributed by atoms with E-state index in [1.807, 2.05) is 55.4 Å². The quantitative estimate of drug-likeness (QED) is 0.209. The zero-order valence-corrected chi connectivity index (χ0v) is 31.6. The first-order chi connectivity index (χ1) is 22.5. The Balaban J connectivity index is 1.51. The van der Waals surface area contributed by atoms with Gasteiger partial charge in [-0.2, -0.15) is 17.0 Å². The lowest BCUT2D eigenvalue weighted by Crippen LogP contribution is -2.63. The van der Waals surface area contributed by atoms with Crippen molar-refractivity contribution in [1.29, 1.82) is 0 Å². The monoisotopic (exact) mass is 709 g/mol. The van der Waals surface area contributed by atoms with Gasteiger partial charge in [0, 0.05) is 39.3 Å². The summed E-state index contributed by atoms with van der Waals surface area (Å²) in [7, 11) is -2.19. The number of nitrogens with two attached hydrogens (primary N) is 1. The number of likely N-dealkylation sites (N-methyl/N-ethyl adjacent to an activating group) is 1. The largest absolute Gasteiger partial charge is 0.363 e. The van der Waals surface area contributed by atoms with Crippen molar-refractivity contribution in [3.63, 3.8) is 0 Å². The van der Waals surface area contributed by atoms with Crippen molar-refractivity contribution in [2.45, 2.75) is 118 Å². The third-order valence-corrected chi connectivity index (χ3v) is 13.3. The van der Waals surface area contributed by atoms with Crippen LogP contribution in [0.15, 0.2) is 0 Å². The van der Waals surface area contributed by atoms with Crippen LogP contribution in [0.2, 0.25) is 0 Å². The van der Waals surface area contributed by atoms with Crippen LogP contribution in [0, 0.1) is 34.0 Å². The Morgan fingerprint density at radius 2 is 1.51 bits per heavy atom. The standard InChI is InChI=1S/C34H59N7O7S/c1-32(2,3)23(19-39(9)49(47,48)40-15-10-11-16-40)37-31(46)38-27(33(4,5)6)30(45)41-18-21-24(34(21,7)8)25(41)29(44)36-22(26(42)28(35)43)17-20-13-12-14-20/h20-25,27H,10-19H2,1-9H3,(H2,35,43)(H,36,44)(H2,37,38,46)/t21-,22?,23+,24-,25-,27+/m0/s1. The van der Waals surface area contributed by atoms with Gasteiger partial charge in [0.05, 0.1) is 6.04 Å². The summed E-state index contributed by atoms with van der Waals surface area (Å²) in [5, 5.41) is 8.59. The number of urea groups is 1. The summed E-state index contributed by atoms with van der Waals surface area (Å²) in [5.74, 6) is -2.77. The highest BCUT2D eigenvalue weighted by atomic mass is 32.2. The molecule has 4 aliphatic rings. The average Bonchev–Trinajstić information content (AvgIpc) is 3.41.